The van der Waals surface area contributed by atoms with Gasteiger partial charge in [0.2, 0.25) is 0 Å². The molecule has 70 valence electrons. The first kappa shape index (κ1) is 9.71. The van der Waals surface area contributed by atoms with Crippen molar-refractivity contribution in [2.75, 3.05) is 0 Å². The molecule has 0 bridgehead atoms. The molecule has 2 rings (SSSR count). The van der Waals surface area contributed by atoms with Crippen molar-refractivity contribution in [3.05, 3.63) is 29.8 Å². The third-order valence-electron chi connectivity index (χ3n) is 1.79. The van der Waals surface area contributed by atoms with Crippen LogP contribution in [0.1, 0.15) is 19.4 Å². The summed E-state index contributed by atoms with van der Waals surface area (Å²) in [6, 6.07) is 1.82. The van der Waals surface area contributed by atoms with E-state index in [1.165, 1.54) is 6.20 Å². The fourth-order valence-electron chi connectivity index (χ4n) is 1.12. The van der Waals surface area contributed by atoms with Crippen LogP contribution in [-0.2, 0) is 0 Å². The van der Waals surface area contributed by atoms with Crippen LogP contribution in [0.4, 0.5) is 4.39 Å². The first-order valence-electron chi connectivity index (χ1n) is 4.37. The van der Waals surface area contributed by atoms with E-state index >= 15 is 0 Å². The summed E-state index contributed by atoms with van der Waals surface area (Å²) in [4.78, 5) is 6.78. The monoisotopic (exact) mass is 180 g/mol. The first-order chi connectivity index (χ1) is 6.29. The largest absolute Gasteiger partial charge is 0.346 e. The van der Waals surface area contributed by atoms with Gasteiger partial charge in [-0.2, -0.15) is 0 Å². The Kier molecular flexibility index (Phi) is 3.01. The standard InChI is InChI=1S/C8H7FN2.C2H6/c1-5-6-2-3-10-8(6)11-4-7(5)9;1-2/h2-4H,1H3,(H,10,11);1-2H3. The predicted molar refractivity (Wildman–Crippen MR) is 52.1 cm³/mol. The lowest BCUT2D eigenvalue weighted by molar-refractivity contribution is 0.615. The van der Waals surface area contributed by atoms with Gasteiger partial charge in [-0.3, -0.25) is 0 Å². The Morgan fingerprint density at radius 1 is 1.38 bits per heavy atom. The van der Waals surface area contributed by atoms with Crippen LogP contribution in [0.2, 0.25) is 0 Å². The number of fused-ring (bicyclic) bond motifs is 1. The molecule has 3 heteroatoms. The Morgan fingerprint density at radius 3 is 2.77 bits per heavy atom. The number of hydrogen-bond donors (Lipinski definition) is 1. The van der Waals surface area contributed by atoms with Crippen molar-refractivity contribution in [2.45, 2.75) is 20.8 Å². The van der Waals surface area contributed by atoms with Crippen LogP contribution in [0.5, 0.6) is 0 Å². The van der Waals surface area contributed by atoms with Crippen LogP contribution in [0.3, 0.4) is 0 Å². The fourth-order valence-corrected chi connectivity index (χ4v) is 1.12. The van der Waals surface area contributed by atoms with Gasteiger partial charge in [0.1, 0.15) is 11.5 Å². The van der Waals surface area contributed by atoms with Crippen LogP contribution < -0.4 is 0 Å². The third kappa shape index (κ3) is 1.69. The molecule has 0 aliphatic rings. The molecule has 0 fully saturated rings. The normalized spacial score (nSPS) is 9.54. The van der Waals surface area contributed by atoms with Crippen molar-refractivity contribution >= 4 is 11.0 Å². The molecule has 1 N–H and O–H groups in total. The Morgan fingerprint density at radius 2 is 2.08 bits per heavy atom. The number of nitrogens with zero attached hydrogens (tertiary/aromatic N) is 1. The molecule has 0 atom stereocenters. The third-order valence-corrected chi connectivity index (χ3v) is 1.79. The van der Waals surface area contributed by atoms with Gasteiger partial charge in [0.15, 0.2) is 0 Å². The lowest BCUT2D eigenvalue weighted by atomic mass is 10.2. The number of hydrogen-bond acceptors (Lipinski definition) is 1. The van der Waals surface area contributed by atoms with E-state index in [4.69, 9.17) is 0 Å². The minimum Gasteiger partial charge on any atom is -0.346 e. The second-order valence-electron chi connectivity index (χ2n) is 2.47. The molecule has 0 saturated heterocycles. The molecule has 13 heavy (non-hydrogen) atoms. The molecule has 0 spiro atoms. The number of aromatic nitrogens is 2. The smallest absolute Gasteiger partial charge is 0.145 e. The second-order valence-corrected chi connectivity index (χ2v) is 2.47. The molecule has 2 aromatic heterocycles. The van der Waals surface area contributed by atoms with E-state index in [1.54, 1.807) is 13.1 Å². The number of nitrogens with one attached hydrogen (secondary N) is 1. The van der Waals surface area contributed by atoms with E-state index in [9.17, 15) is 4.39 Å². The van der Waals surface area contributed by atoms with Gasteiger partial charge < -0.3 is 4.98 Å². The molecule has 0 amide bonds. The first-order valence-corrected chi connectivity index (χ1v) is 4.37. The van der Waals surface area contributed by atoms with Gasteiger partial charge >= 0.3 is 0 Å². The fraction of sp³-hybridized carbons (Fsp3) is 0.300. The van der Waals surface area contributed by atoms with Gasteiger partial charge in [-0.25, -0.2) is 9.37 Å². The minimum atomic E-state index is -0.253. The highest BCUT2D eigenvalue weighted by Gasteiger charge is 2.03. The Balaban J connectivity index is 0.000000396. The number of H-pyrrole nitrogens is 1. The van der Waals surface area contributed by atoms with Crippen molar-refractivity contribution in [3.8, 4) is 0 Å². The van der Waals surface area contributed by atoms with Gasteiger partial charge in [-0.15, -0.1) is 0 Å². The molecule has 0 aliphatic carbocycles. The Bertz CT molecular complexity index is 393. The van der Waals surface area contributed by atoms with E-state index < -0.39 is 0 Å². The summed E-state index contributed by atoms with van der Waals surface area (Å²) >= 11 is 0. The van der Waals surface area contributed by atoms with Crippen molar-refractivity contribution < 1.29 is 4.39 Å². The van der Waals surface area contributed by atoms with Crippen LogP contribution in [0.15, 0.2) is 18.5 Å². The molecule has 0 saturated carbocycles. The lowest BCUT2D eigenvalue weighted by Crippen LogP contribution is -1.85. The maximum Gasteiger partial charge on any atom is 0.145 e. The molecule has 2 aromatic rings. The zero-order chi connectivity index (χ0) is 9.84. The number of pyridine rings is 1. The summed E-state index contributed by atoms with van der Waals surface area (Å²) in [5.41, 5.74) is 1.39. The van der Waals surface area contributed by atoms with Gasteiger partial charge in [0.05, 0.1) is 6.20 Å². The zero-order valence-electron chi connectivity index (χ0n) is 8.06. The van der Waals surface area contributed by atoms with Gasteiger partial charge in [0, 0.05) is 11.6 Å². The average molecular weight is 180 g/mol. The van der Waals surface area contributed by atoms with E-state index in [2.05, 4.69) is 9.97 Å². The number of rotatable bonds is 0. The van der Waals surface area contributed by atoms with E-state index in [0.717, 1.165) is 11.0 Å². The highest BCUT2D eigenvalue weighted by atomic mass is 19.1. The Labute approximate surface area is 76.8 Å². The molecule has 0 aliphatic heterocycles. The van der Waals surface area contributed by atoms with Gasteiger partial charge in [0.25, 0.3) is 0 Å². The van der Waals surface area contributed by atoms with Crippen LogP contribution in [0, 0.1) is 12.7 Å². The summed E-state index contributed by atoms with van der Waals surface area (Å²) in [5, 5.41) is 0.852. The van der Waals surface area contributed by atoms with Crippen LogP contribution >= 0.6 is 0 Å². The van der Waals surface area contributed by atoms with Crippen molar-refractivity contribution in [1.29, 1.82) is 0 Å². The summed E-state index contributed by atoms with van der Waals surface area (Å²) in [5.74, 6) is -0.253. The molecule has 0 unspecified atom stereocenters. The molecule has 0 aromatic carbocycles. The minimum absolute atomic E-state index is 0.253. The second kappa shape index (κ2) is 4.03. The van der Waals surface area contributed by atoms with E-state index in [-0.39, 0.29) is 5.82 Å². The Hall–Kier alpha value is -1.38. The molecule has 2 heterocycles. The van der Waals surface area contributed by atoms with Crippen LogP contribution in [0.25, 0.3) is 11.0 Å². The highest BCUT2D eigenvalue weighted by molar-refractivity contribution is 5.78. The van der Waals surface area contributed by atoms with Crippen molar-refractivity contribution in [2.24, 2.45) is 0 Å². The summed E-state index contributed by atoms with van der Waals surface area (Å²) < 4.78 is 12.8. The van der Waals surface area contributed by atoms with Crippen molar-refractivity contribution in [1.82, 2.24) is 9.97 Å². The quantitative estimate of drug-likeness (QED) is 0.663. The summed E-state index contributed by atoms with van der Waals surface area (Å²) in [7, 11) is 0. The van der Waals surface area contributed by atoms with E-state index in [0.29, 0.717) is 5.56 Å². The summed E-state index contributed by atoms with van der Waals surface area (Å²) in [6.07, 6.45) is 2.98. The number of aromatic amines is 1. The number of halogens is 1. The molecular weight excluding hydrogens is 167 g/mol. The SMILES string of the molecule is CC.Cc1c(F)cnc2[nH]ccc12. The molecule has 0 radical (unpaired) electrons. The van der Waals surface area contributed by atoms with Crippen molar-refractivity contribution in [3.63, 3.8) is 0 Å². The zero-order valence-corrected chi connectivity index (χ0v) is 8.06. The highest BCUT2D eigenvalue weighted by Crippen LogP contribution is 2.16. The van der Waals surface area contributed by atoms with E-state index in [1.807, 2.05) is 19.9 Å². The topological polar surface area (TPSA) is 28.7 Å². The number of aryl methyl sites for hydroxylation is 1. The van der Waals surface area contributed by atoms with Gasteiger partial charge in [-0.1, -0.05) is 13.8 Å². The maximum absolute atomic E-state index is 12.8. The average Bonchev–Trinajstić information content (AvgIpc) is 2.63. The lowest BCUT2D eigenvalue weighted by Gasteiger charge is -1.95. The molecule has 2 nitrogen and oxygen atoms in total. The predicted octanol–water partition coefficient (Wildman–Crippen LogP) is 3.04. The van der Waals surface area contributed by atoms with Gasteiger partial charge in [-0.05, 0) is 18.6 Å². The van der Waals surface area contributed by atoms with Crippen LogP contribution in [-0.4, -0.2) is 9.97 Å². The maximum atomic E-state index is 12.8. The molecular formula is C10H13FN2. The summed E-state index contributed by atoms with van der Waals surface area (Å²) in [6.45, 7) is 5.74.